The van der Waals surface area contributed by atoms with Crippen molar-refractivity contribution in [2.75, 3.05) is 10.6 Å². The first-order chi connectivity index (χ1) is 11.1. The number of nitrogens with one attached hydrogen (secondary N) is 2. The van der Waals surface area contributed by atoms with Gasteiger partial charge in [0.2, 0.25) is 0 Å². The molecule has 4 heteroatoms. The standard InChI is InChI=1S/C19H23N3O/c1-13-7-8-14(2)18(11-13)22-19(23)17-10-9-16(12-20-17)21-15-5-3-4-6-15/h7-12,15,21H,3-6H2,1-2H3,(H,22,23). The molecule has 2 N–H and O–H groups in total. The Balaban J connectivity index is 1.66. The number of aryl methyl sites for hydroxylation is 2. The molecule has 1 aliphatic rings. The monoisotopic (exact) mass is 309 g/mol. The van der Waals surface area contributed by atoms with Gasteiger partial charge in [0, 0.05) is 11.7 Å². The summed E-state index contributed by atoms with van der Waals surface area (Å²) in [6.45, 7) is 3.99. The van der Waals surface area contributed by atoms with Crippen molar-refractivity contribution >= 4 is 17.3 Å². The highest BCUT2D eigenvalue weighted by molar-refractivity contribution is 6.03. The molecule has 4 nitrogen and oxygen atoms in total. The van der Waals surface area contributed by atoms with Crippen molar-refractivity contribution in [3.8, 4) is 0 Å². The summed E-state index contributed by atoms with van der Waals surface area (Å²) in [4.78, 5) is 16.6. The molecule has 1 saturated carbocycles. The number of nitrogens with zero attached hydrogens (tertiary/aromatic N) is 1. The summed E-state index contributed by atoms with van der Waals surface area (Å²) in [6.07, 6.45) is 6.77. The van der Waals surface area contributed by atoms with Crippen molar-refractivity contribution in [2.24, 2.45) is 0 Å². The zero-order valence-electron chi connectivity index (χ0n) is 13.7. The van der Waals surface area contributed by atoms with Gasteiger partial charge in [0.15, 0.2) is 0 Å². The number of hydrogen-bond acceptors (Lipinski definition) is 3. The molecule has 3 rings (SSSR count). The van der Waals surface area contributed by atoms with Gasteiger partial charge in [-0.1, -0.05) is 25.0 Å². The Morgan fingerprint density at radius 2 is 1.91 bits per heavy atom. The fraction of sp³-hybridized carbons (Fsp3) is 0.368. The SMILES string of the molecule is Cc1ccc(C)c(NC(=O)c2ccc(NC3CCCC3)cn2)c1. The predicted molar refractivity (Wildman–Crippen MR) is 94.0 cm³/mol. The van der Waals surface area contributed by atoms with Gasteiger partial charge in [0.1, 0.15) is 5.69 Å². The van der Waals surface area contributed by atoms with Gasteiger partial charge in [0.25, 0.3) is 5.91 Å². The zero-order chi connectivity index (χ0) is 16.2. The number of hydrogen-bond donors (Lipinski definition) is 2. The van der Waals surface area contributed by atoms with Gasteiger partial charge in [-0.15, -0.1) is 0 Å². The normalized spacial score (nSPS) is 14.7. The molecule has 1 aromatic carbocycles. The summed E-state index contributed by atoms with van der Waals surface area (Å²) in [5.74, 6) is -0.175. The van der Waals surface area contributed by atoms with Crippen LogP contribution in [0.5, 0.6) is 0 Å². The maximum Gasteiger partial charge on any atom is 0.274 e. The van der Waals surface area contributed by atoms with Crippen LogP contribution in [-0.2, 0) is 0 Å². The molecule has 1 fully saturated rings. The smallest absolute Gasteiger partial charge is 0.274 e. The van der Waals surface area contributed by atoms with Crippen LogP contribution in [-0.4, -0.2) is 16.9 Å². The number of pyridine rings is 1. The van der Waals surface area contributed by atoms with E-state index in [2.05, 4.69) is 15.6 Å². The van der Waals surface area contributed by atoms with E-state index in [-0.39, 0.29) is 5.91 Å². The van der Waals surface area contributed by atoms with Crippen molar-refractivity contribution in [1.82, 2.24) is 4.98 Å². The van der Waals surface area contributed by atoms with Crippen LogP contribution in [0.2, 0.25) is 0 Å². The summed E-state index contributed by atoms with van der Waals surface area (Å²) in [6, 6.07) is 10.3. The topological polar surface area (TPSA) is 54.0 Å². The minimum Gasteiger partial charge on any atom is -0.381 e. The number of carbonyl (C=O) groups excluding carboxylic acids is 1. The Kier molecular flexibility index (Phi) is 4.60. The fourth-order valence-electron chi connectivity index (χ4n) is 2.98. The number of aromatic nitrogens is 1. The highest BCUT2D eigenvalue weighted by atomic mass is 16.1. The maximum absolute atomic E-state index is 12.3. The molecular formula is C19H23N3O. The van der Waals surface area contributed by atoms with Crippen LogP contribution in [0, 0.1) is 13.8 Å². The fourth-order valence-corrected chi connectivity index (χ4v) is 2.98. The molecule has 0 aliphatic heterocycles. The summed E-state index contributed by atoms with van der Waals surface area (Å²) in [7, 11) is 0. The van der Waals surface area contributed by atoms with Crippen LogP contribution < -0.4 is 10.6 Å². The van der Waals surface area contributed by atoms with Crippen molar-refractivity contribution in [2.45, 2.75) is 45.6 Å². The third-order valence-corrected chi connectivity index (χ3v) is 4.36. The molecule has 1 heterocycles. The van der Waals surface area contributed by atoms with Crippen LogP contribution in [0.25, 0.3) is 0 Å². The highest BCUT2D eigenvalue weighted by Crippen LogP contribution is 2.22. The average Bonchev–Trinajstić information content (AvgIpc) is 3.04. The lowest BCUT2D eigenvalue weighted by atomic mass is 10.1. The second kappa shape index (κ2) is 6.82. The van der Waals surface area contributed by atoms with E-state index < -0.39 is 0 Å². The molecular weight excluding hydrogens is 286 g/mol. The lowest BCUT2D eigenvalue weighted by Gasteiger charge is -2.13. The van der Waals surface area contributed by atoms with E-state index in [4.69, 9.17) is 0 Å². The molecule has 23 heavy (non-hydrogen) atoms. The van der Waals surface area contributed by atoms with Gasteiger partial charge in [-0.3, -0.25) is 4.79 Å². The first kappa shape index (κ1) is 15.5. The lowest BCUT2D eigenvalue weighted by Crippen LogP contribution is -2.16. The van der Waals surface area contributed by atoms with Crippen molar-refractivity contribution in [3.63, 3.8) is 0 Å². The highest BCUT2D eigenvalue weighted by Gasteiger charge is 2.15. The molecule has 120 valence electrons. The minimum atomic E-state index is -0.175. The predicted octanol–water partition coefficient (Wildman–Crippen LogP) is 4.31. The first-order valence-corrected chi connectivity index (χ1v) is 8.23. The molecule has 0 saturated heterocycles. The molecule has 0 spiro atoms. The number of benzene rings is 1. The molecule has 2 aromatic rings. The second-order valence-corrected chi connectivity index (χ2v) is 6.33. The third-order valence-electron chi connectivity index (χ3n) is 4.36. The minimum absolute atomic E-state index is 0.175. The Morgan fingerprint density at radius 3 is 2.61 bits per heavy atom. The molecule has 0 radical (unpaired) electrons. The summed E-state index contributed by atoms with van der Waals surface area (Å²) in [5, 5.41) is 6.42. The quantitative estimate of drug-likeness (QED) is 0.885. The van der Waals surface area contributed by atoms with Gasteiger partial charge in [0.05, 0.1) is 11.9 Å². The molecule has 0 bridgehead atoms. The summed E-state index contributed by atoms with van der Waals surface area (Å²) < 4.78 is 0. The van der Waals surface area contributed by atoms with E-state index in [0.717, 1.165) is 22.5 Å². The lowest BCUT2D eigenvalue weighted by molar-refractivity contribution is 0.102. The van der Waals surface area contributed by atoms with E-state index in [1.54, 1.807) is 12.3 Å². The van der Waals surface area contributed by atoms with Gasteiger partial charge in [-0.05, 0) is 56.0 Å². The molecule has 0 atom stereocenters. The average molecular weight is 309 g/mol. The van der Waals surface area contributed by atoms with Crippen molar-refractivity contribution in [3.05, 3.63) is 53.3 Å². The van der Waals surface area contributed by atoms with Crippen LogP contribution in [0.4, 0.5) is 11.4 Å². The molecule has 1 amide bonds. The Labute approximate surface area is 137 Å². The largest absolute Gasteiger partial charge is 0.381 e. The van der Waals surface area contributed by atoms with Gasteiger partial charge in [-0.25, -0.2) is 4.98 Å². The van der Waals surface area contributed by atoms with Crippen molar-refractivity contribution < 1.29 is 4.79 Å². The third kappa shape index (κ3) is 3.89. The van der Waals surface area contributed by atoms with E-state index in [0.29, 0.717) is 11.7 Å². The van der Waals surface area contributed by atoms with Gasteiger partial charge < -0.3 is 10.6 Å². The summed E-state index contributed by atoms with van der Waals surface area (Å²) >= 11 is 0. The Morgan fingerprint density at radius 1 is 1.13 bits per heavy atom. The Hall–Kier alpha value is -2.36. The number of rotatable bonds is 4. The Bertz CT molecular complexity index is 688. The van der Waals surface area contributed by atoms with Crippen LogP contribution in [0.1, 0.15) is 47.3 Å². The number of anilines is 2. The van der Waals surface area contributed by atoms with Gasteiger partial charge >= 0.3 is 0 Å². The summed E-state index contributed by atoms with van der Waals surface area (Å²) in [5.41, 5.74) is 4.42. The van der Waals surface area contributed by atoms with E-state index in [9.17, 15) is 4.79 Å². The zero-order valence-corrected chi connectivity index (χ0v) is 13.7. The molecule has 1 aromatic heterocycles. The maximum atomic E-state index is 12.3. The van der Waals surface area contributed by atoms with E-state index in [1.807, 2.05) is 38.1 Å². The second-order valence-electron chi connectivity index (χ2n) is 6.33. The number of amides is 1. The number of carbonyl (C=O) groups is 1. The van der Waals surface area contributed by atoms with E-state index >= 15 is 0 Å². The van der Waals surface area contributed by atoms with E-state index in [1.165, 1.54) is 25.7 Å². The molecule has 1 aliphatic carbocycles. The van der Waals surface area contributed by atoms with Crippen LogP contribution in [0.3, 0.4) is 0 Å². The molecule has 0 unspecified atom stereocenters. The van der Waals surface area contributed by atoms with Crippen molar-refractivity contribution in [1.29, 1.82) is 0 Å². The first-order valence-electron chi connectivity index (χ1n) is 8.23. The van der Waals surface area contributed by atoms with Crippen LogP contribution >= 0.6 is 0 Å². The van der Waals surface area contributed by atoms with Gasteiger partial charge in [-0.2, -0.15) is 0 Å². The van der Waals surface area contributed by atoms with Crippen LogP contribution in [0.15, 0.2) is 36.5 Å².